The Kier molecular flexibility index (Phi) is 6.42. The van der Waals surface area contributed by atoms with Gasteiger partial charge in [0.2, 0.25) is 5.95 Å². The Morgan fingerprint density at radius 3 is 2.29 bits per heavy atom. The van der Waals surface area contributed by atoms with E-state index in [9.17, 15) is 8.42 Å². The SMILES string of the molecule is O=S(=O)(N1CCCCC1)N1CCN(Cc2ccnc(N3CCOCC3)n2)CC1. The number of hydrogen-bond acceptors (Lipinski definition) is 7. The zero-order valence-corrected chi connectivity index (χ0v) is 17.2. The lowest BCUT2D eigenvalue weighted by Gasteiger charge is -2.37. The van der Waals surface area contributed by atoms with Crippen molar-refractivity contribution in [3.05, 3.63) is 18.0 Å². The number of piperazine rings is 1. The first-order valence-corrected chi connectivity index (χ1v) is 11.6. The van der Waals surface area contributed by atoms with Crippen molar-refractivity contribution in [2.75, 3.05) is 70.5 Å². The lowest BCUT2D eigenvalue weighted by Crippen LogP contribution is -2.53. The van der Waals surface area contributed by atoms with Crippen LogP contribution in [0.1, 0.15) is 25.0 Å². The van der Waals surface area contributed by atoms with E-state index < -0.39 is 10.2 Å². The second-order valence-corrected chi connectivity index (χ2v) is 9.52. The third kappa shape index (κ3) is 4.62. The molecule has 3 saturated heterocycles. The van der Waals surface area contributed by atoms with Gasteiger partial charge in [0.1, 0.15) is 0 Å². The molecular weight excluding hydrogens is 380 g/mol. The molecule has 156 valence electrons. The summed E-state index contributed by atoms with van der Waals surface area (Å²) >= 11 is 0. The number of ether oxygens (including phenoxy) is 1. The fourth-order valence-electron chi connectivity index (χ4n) is 3.99. The molecule has 0 saturated carbocycles. The predicted octanol–water partition coefficient (Wildman–Crippen LogP) is 0.162. The van der Waals surface area contributed by atoms with Gasteiger partial charge in [-0.05, 0) is 18.9 Å². The number of nitrogens with zero attached hydrogens (tertiary/aromatic N) is 6. The third-order valence-electron chi connectivity index (χ3n) is 5.68. The van der Waals surface area contributed by atoms with E-state index in [2.05, 4.69) is 14.8 Å². The molecule has 4 rings (SSSR count). The highest BCUT2D eigenvalue weighted by Crippen LogP contribution is 2.19. The number of anilines is 1. The van der Waals surface area contributed by atoms with Crippen LogP contribution in [0, 0.1) is 0 Å². The van der Waals surface area contributed by atoms with Gasteiger partial charge in [-0.3, -0.25) is 4.90 Å². The van der Waals surface area contributed by atoms with Crippen molar-refractivity contribution in [3.63, 3.8) is 0 Å². The van der Waals surface area contributed by atoms with Gasteiger partial charge in [-0.15, -0.1) is 0 Å². The number of aromatic nitrogens is 2. The summed E-state index contributed by atoms with van der Waals surface area (Å²) in [5.41, 5.74) is 0.976. The van der Waals surface area contributed by atoms with Gasteiger partial charge >= 0.3 is 0 Å². The van der Waals surface area contributed by atoms with E-state index >= 15 is 0 Å². The molecule has 0 unspecified atom stereocenters. The molecule has 0 atom stereocenters. The Bertz CT molecular complexity index is 741. The maximum absolute atomic E-state index is 12.8. The minimum atomic E-state index is -3.31. The van der Waals surface area contributed by atoms with Crippen molar-refractivity contribution < 1.29 is 13.2 Å². The van der Waals surface area contributed by atoms with E-state index in [1.807, 2.05) is 12.3 Å². The van der Waals surface area contributed by atoms with Crippen LogP contribution in [0.2, 0.25) is 0 Å². The highest BCUT2D eigenvalue weighted by Gasteiger charge is 2.33. The van der Waals surface area contributed by atoms with E-state index in [-0.39, 0.29) is 0 Å². The van der Waals surface area contributed by atoms with Gasteiger partial charge in [-0.1, -0.05) is 6.42 Å². The lowest BCUT2D eigenvalue weighted by atomic mass is 10.2. The minimum Gasteiger partial charge on any atom is -0.378 e. The molecule has 0 amide bonds. The number of hydrogen-bond donors (Lipinski definition) is 0. The molecule has 0 N–H and O–H groups in total. The number of morpholine rings is 1. The monoisotopic (exact) mass is 410 g/mol. The van der Waals surface area contributed by atoms with Crippen LogP contribution in [0.3, 0.4) is 0 Å². The van der Waals surface area contributed by atoms with Crippen molar-refractivity contribution in [2.45, 2.75) is 25.8 Å². The van der Waals surface area contributed by atoms with Crippen LogP contribution in [0.25, 0.3) is 0 Å². The van der Waals surface area contributed by atoms with Crippen LogP contribution in [0.4, 0.5) is 5.95 Å². The molecule has 0 radical (unpaired) electrons. The van der Waals surface area contributed by atoms with Crippen molar-refractivity contribution in [1.29, 1.82) is 0 Å². The summed E-state index contributed by atoms with van der Waals surface area (Å²) in [7, 11) is -3.31. The van der Waals surface area contributed by atoms with Crippen molar-refractivity contribution in [2.24, 2.45) is 0 Å². The topological polar surface area (TPSA) is 82.1 Å². The van der Waals surface area contributed by atoms with Crippen LogP contribution < -0.4 is 4.90 Å². The Hall–Kier alpha value is -1.33. The molecule has 1 aromatic rings. The van der Waals surface area contributed by atoms with E-state index in [0.717, 1.165) is 63.6 Å². The van der Waals surface area contributed by atoms with Gasteiger partial charge in [0.05, 0.1) is 18.9 Å². The number of rotatable bonds is 5. The van der Waals surface area contributed by atoms with Crippen molar-refractivity contribution in [3.8, 4) is 0 Å². The molecule has 0 spiro atoms. The predicted molar refractivity (Wildman–Crippen MR) is 106 cm³/mol. The average Bonchev–Trinajstić information content (AvgIpc) is 2.76. The molecule has 9 nitrogen and oxygen atoms in total. The van der Waals surface area contributed by atoms with E-state index in [1.54, 1.807) is 8.61 Å². The van der Waals surface area contributed by atoms with Crippen LogP contribution in [-0.2, 0) is 21.5 Å². The normalized spacial score (nSPS) is 23.8. The zero-order valence-electron chi connectivity index (χ0n) is 16.4. The first-order valence-electron chi connectivity index (χ1n) is 10.3. The first-order chi connectivity index (χ1) is 13.6. The van der Waals surface area contributed by atoms with Gasteiger partial charge in [0.25, 0.3) is 10.2 Å². The molecule has 0 aromatic carbocycles. The maximum Gasteiger partial charge on any atom is 0.282 e. The lowest BCUT2D eigenvalue weighted by molar-refractivity contribution is 0.122. The van der Waals surface area contributed by atoms with Gasteiger partial charge < -0.3 is 9.64 Å². The van der Waals surface area contributed by atoms with Crippen LogP contribution in [0.15, 0.2) is 12.3 Å². The standard InChI is InChI=1S/C18H30N6O3S/c25-28(26,23-6-2-1-3-7-23)24-10-8-21(9-11-24)16-17-4-5-19-18(20-17)22-12-14-27-15-13-22/h4-5H,1-3,6-16H2. The summed E-state index contributed by atoms with van der Waals surface area (Å²) in [4.78, 5) is 13.5. The van der Waals surface area contributed by atoms with Gasteiger partial charge in [0, 0.05) is 65.1 Å². The molecule has 0 bridgehead atoms. The molecule has 10 heteroatoms. The van der Waals surface area contributed by atoms with Crippen LogP contribution in [0.5, 0.6) is 0 Å². The highest BCUT2D eigenvalue weighted by molar-refractivity contribution is 7.86. The van der Waals surface area contributed by atoms with E-state index in [1.165, 1.54) is 0 Å². The summed E-state index contributed by atoms with van der Waals surface area (Å²) in [6.45, 7) is 7.63. The molecule has 3 aliphatic heterocycles. The Balaban J connectivity index is 1.32. The molecule has 28 heavy (non-hydrogen) atoms. The fourth-order valence-corrected chi connectivity index (χ4v) is 5.67. The molecule has 3 fully saturated rings. The Morgan fingerprint density at radius 1 is 0.893 bits per heavy atom. The van der Waals surface area contributed by atoms with Crippen LogP contribution in [-0.4, -0.2) is 97.5 Å². The molecule has 3 aliphatic rings. The largest absolute Gasteiger partial charge is 0.378 e. The zero-order chi connectivity index (χ0) is 19.4. The second kappa shape index (κ2) is 9.00. The Labute approximate surface area is 167 Å². The van der Waals surface area contributed by atoms with E-state index in [0.29, 0.717) is 39.4 Å². The highest BCUT2D eigenvalue weighted by atomic mass is 32.2. The summed E-state index contributed by atoms with van der Waals surface area (Å²) in [5, 5.41) is 0. The van der Waals surface area contributed by atoms with Gasteiger partial charge in [0.15, 0.2) is 0 Å². The molecule has 4 heterocycles. The molecule has 1 aromatic heterocycles. The smallest absolute Gasteiger partial charge is 0.282 e. The average molecular weight is 411 g/mol. The summed E-state index contributed by atoms with van der Waals surface area (Å²) in [6, 6.07) is 1.95. The maximum atomic E-state index is 12.8. The summed E-state index contributed by atoms with van der Waals surface area (Å²) in [5.74, 6) is 0.757. The second-order valence-electron chi connectivity index (χ2n) is 7.59. The van der Waals surface area contributed by atoms with Crippen molar-refractivity contribution in [1.82, 2.24) is 23.5 Å². The number of piperidine rings is 1. The quantitative estimate of drug-likeness (QED) is 0.684. The fraction of sp³-hybridized carbons (Fsp3) is 0.778. The van der Waals surface area contributed by atoms with Crippen molar-refractivity contribution >= 4 is 16.2 Å². The summed E-state index contributed by atoms with van der Waals surface area (Å²) in [6.07, 6.45) is 4.88. The van der Waals surface area contributed by atoms with Gasteiger partial charge in [-0.25, -0.2) is 9.97 Å². The molecule has 0 aliphatic carbocycles. The summed E-state index contributed by atoms with van der Waals surface area (Å²) < 4.78 is 34.3. The van der Waals surface area contributed by atoms with E-state index in [4.69, 9.17) is 9.72 Å². The first kappa shape index (κ1) is 20.0. The molecular formula is C18H30N6O3S. The minimum absolute atomic E-state index is 0.542. The third-order valence-corrected chi connectivity index (χ3v) is 7.71. The Morgan fingerprint density at radius 2 is 1.57 bits per heavy atom. The van der Waals surface area contributed by atoms with Crippen LogP contribution >= 0.6 is 0 Å². The van der Waals surface area contributed by atoms with Gasteiger partial charge in [-0.2, -0.15) is 17.0 Å².